The zero-order valence-electron chi connectivity index (χ0n) is 9.96. The third-order valence-corrected chi connectivity index (χ3v) is 2.90. The fourth-order valence-corrected chi connectivity index (χ4v) is 2.05. The van der Waals surface area contributed by atoms with Crippen molar-refractivity contribution in [1.29, 1.82) is 0 Å². The average molecular weight is 252 g/mol. The Morgan fingerprint density at radius 3 is 2.68 bits per heavy atom. The highest BCUT2D eigenvalue weighted by atomic mass is 15.6. The van der Waals surface area contributed by atoms with Crippen molar-refractivity contribution in [1.82, 2.24) is 39.9 Å². The van der Waals surface area contributed by atoms with Crippen molar-refractivity contribution in [3.8, 4) is 11.4 Å². The molecule has 0 spiro atoms. The van der Waals surface area contributed by atoms with Crippen molar-refractivity contribution in [2.45, 2.75) is 6.92 Å². The minimum Gasteiger partial charge on any atom is -0.238 e. The van der Waals surface area contributed by atoms with E-state index >= 15 is 0 Å². The van der Waals surface area contributed by atoms with E-state index in [4.69, 9.17) is 0 Å². The Kier molecular flexibility index (Phi) is 1.88. The Bertz CT molecular complexity index is 876. The van der Waals surface area contributed by atoms with E-state index in [1.54, 1.807) is 4.40 Å². The molecule has 0 aliphatic rings. The predicted octanol–water partition coefficient (Wildman–Crippen LogP) is 0.537. The van der Waals surface area contributed by atoms with Gasteiger partial charge in [-0.2, -0.15) is 0 Å². The van der Waals surface area contributed by atoms with Crippen molar-refractivity contribution >= 4 is 11.4 Å². The van der Waals surface area contributed by atoms with Crippen LogP contribution in [0.5, 0.6) is 0 Å². The van der Waals surface area contributed by atoms with Gasteiger partial charge in [-0.15, -0.1) is 15.3 Å². The second-order valence-corrected chi connectivity index (χ2v) is 4.10. The van der Waals surface area contributed by atoms with Crippen LogP contribution < -0.4 is 0 Å². The fraction of sp³-hybridized carbons (Fsp3) is 0.0909. The number of hydrogen-bond acceptors (Lipinski definition) is 6. The lowest BCUT2D eigenvalue weighted by molar-refractivity contribution is 0.713. The highest BCUT2D eigenvalue weighted by Crippen LogP contribution is 2.19. The number of nitrogens with zero attached hydrogens (tertiary/aromatic N) is 8. The molecule has 0 unspecified atom stereocenters. The zero-order valence-corrected chi connectivity index (χ0v) is 9.96. The first-order chi connectivity index (χ1) is 9.34. The lowest BCUT2D eigenvalue weighted by Crippen LogP contribution is -2.04. The highest BCUT2D eigenvalue weighted by molar-refractivity contribution is 5.63. The van der Waals surface area contributed by atoms with E-state index in [2.05, 4.69) is 30.8 Å². The third kappa shape index (κ3) is 1.33. The molecule has 0 bridgehead atoms. The van der Waals surface area contributed by atoms with E-state index in [0.29, 0.717) is 17.2 Å². The molecule has 0 fully saturated rings. The summed E-state index contributed by atoms with van der Waals surface area (Å²) in [6.45, 7) is 1.85. The summed E-state index contributed by atoms with van der Waals surface area (Å²) in [5.41, 5.74) is 2.32. The van der Waals surface area contributed by atoms with Crippen LogP contribution >= 0.6 is 0 Å². The van der Waals surface area contributed by atoms with Gasteiger partial charge in [0.1, 0.15) is 5.69 Å². The molecule has 19 heavy (non-hydrogen) atoms. The number of rotatable bonds is 1. The molecule has 0 saturated carbocycles. The maximum atomic E-state index is 4.23. The second-order valence-electron chi connectivity index (χ2n) is 4.10. The van der Waals surface area contributed by atoms with Gasteiger partial charge >= 0.3 is 0 Å². The van der Waals surface area contributed by atoms with Crippen molar-refractivity contribution in [2.24, 2.45) is 0 Å². The lowest BCUT2D eigenvalue weighted by Gasteiger charge is -2.01. The number of benzene rings is 1. The maximum absolute atomic E-state index is 4.23. The monoisotopic (exact) mass is 252 g/mol. The standard InChI is InChI=1S/C11H8N8/c1-7-9-12-13-10(8-5-3-2-4-6-8)18(9)11-14-16-17-19(11)15-7/h2-6H,1H3. The van der Waals surface area contributed by atoms with Crippen LogP contribution in [0.3, 0.4) is 0 Å². The van der Waals surface area contributed by atoms with Gasteiger partial charge in [-0.1, -0.05) is 40.1 Å². The fourth-order valence-electron chi connectivity index (χ4n) is 2.05. The molecule has 1 aromatic carbocycles. The summed E-state index contributed by atoms with van der Waals surface area (Å²) in [5, 5.41) is 24.0. The normalized spacial score (nSPS) is 11.4. The second kappa shape index (κ2) is 3.55. The summed E-state index contributed by atoms with van der Waals surface area (Å²) in [6.07, 6.45) is 0. The van der Waals surface area contributed by atoms with Crippen molar-refractivity contribution < 1.29 is 0 Å². The molecule has 4 aromatic rings. The molecule has 4 rings (SSSR count). The number of fused-ring (bicyclic) bond motifs is 3. The van der Waals surface area contributed by atoms with Crippen LogP contribution in [0.15, 0.2) is 30.3 Å². The van der Waals surface area contributed by atoms with Gasteiger partial charge in [-0.05, 0) is 17.4 Å². The molecule has 0 radical (unpaired) electrons. The van der Waals surface area contributed by atoms with Gasteiger partial charge in [0.15, 0.2) is 11.5 Å². The van der Waals surface area contributed by atoms with Crippen LogP contribution in [0.2, 0.25) is 0 Å². The van der Waals surface area contributed by atoms with Gasteiger partial charge in [0.25, 0.3) is 5.78 Å². The molecule has 0 aliphatic carbocycles. The van der Waals surface area contributed by atoms with Gasteiger partial charge in [-0.25, -0.2) is 4.40 Å². The summed E-state index contributed by atoms with van der Waals surface area (Å²) < 4.78 is 3.18. The van der Waals surface area contributed by atoms with Crippen LogP contribution in [0.25, 0.3) is 22.8 Å². The average Bonchev–Trinajstić information content (AvgIpc) is 3.05. The first-order valence-corrected chi connectivity index (χ1v) is 5.70. The molecular formula is C11H8N8. The highest BCUT2D eigenvalue weighted by Gasteiger charge is 2.15. The molecule has 0 aliphatic heterocycles. The Hall–Kier alpha value is -2.90. The molecule has 3 heterocycles. The van der Waals surface area contributed by atoms with Crippen LogP contribution in [-0.4, -0.2) is 39.9 Å². The predicted molar refractivity (Wildman–Crippen MR) is 65.3 cm³/mol. The molecular weight excluding hydrogens is 244 g/mol. The van der Waals surface area contributed by atoms with E-state index in [-0.39, 0.29) is 0 Å². The summed E-state index contributed by atoms with van der Waals surface area (Å²) in [4.78, 5) is 0. The minimum atomic E-state index is 0.490. The number of tetrazole rings is 1. The van der Waals surface area contributed by atoms with E-state index in [0.717, 1.165) is 11.3 Å². The smallest absolute Gasteiger partial charge is 0.238 e. The Morgan fingerprint density at radius 2 is 1.84 bits per heavy atom. The summed E-state index contributed by atoms with van der Waals surface area (Å²) in [7, 11) is 0. The quantitative estimate of drug-likeness (QED) is 0.491. The molecule has 0 atom stereocenters. The van der Waals surface area contributed by atoms with Crippen LogP contribution in [-0.2, 0) is 0 Å². The number of aryl methyl sites for hydroxylation is 1. The van der Waals surface area contributed by atoms with E-state index in [1.807, 2.05) is 37.3 Å². The van der Waals surface area contributed by atoms with Crippen LogP contribution in [0, 0.1) is 6.92 Å². The van der Waals surface area contributed by atoms with Crippen LogP contribution in [0.4, 0.5) is 0 Å². The Balaban J connectivity index is 2.18. The molecule has 0 amide bonds. The molecule has 3 aromatic heterocycles. The maximum Gasteiger partial charge on any atom is 0.279 e. The van der Waals surface area contributed by atoms with E-state index in [1.165, 1.54) is 4.63 Å². The molecule has 0 saturated heterocycles. The van der Waals surface area contributed by atoms with Gasteiger partial charge in [0.05, 0.1) is 0 Å². The summed E-state index contributed by atoms with van der Waals surface area (Å²) in [6, 6.07) is 9.78. The largest absolute Gasteiger partial charge is 0.279 e. The summed E-state index contributed by atoms with van der Waals surface area (Å²) in [5.74, 6) is 1.19. The topological polar surface area (TPSA) is 86.2 Å². The molecule has 8 heteroatoms. The minimum absolute atomic E-state index is 0.490. The Labute approximate surface area is 106 Å². The zero-order chi connectivity index (χ0) is 12.8. The van der Waals surface area contributed by atoms with E-state index in [9.17, 15) is 0 Å². The van der Waals surface area contributed by atoms with Gasteiger partial charge in [0, 0.05) is 5.56 Å². The third-order valence-electron chi connectivity index (χ3n) is 2.90. The number of aromatic nitrogens is 8. The molecule has 8 nitrogen and oxygen atoms in total. The van der Waals surface area contributed by atoms with Crippen molar-refractivity contribution in [3.05, 3.63) is 36.0 Å². The van der Waals surface area contributed by atoms with Gasteiger partial charge in [-0.3, -0.25) is 0 Å². The molecule has 92 valence electrons. The Morgan fingerprint density at radius 1 is 1.00 bits per heavy atom. The number of hydrogen-bond donors (Lipinski definition) is 0. The van der Waals surface area contributed by atoms with E-state index < -0.39 is 0 Å². The van der Waals surface area contributed by atoms with Crippen molar-refractivity contribution in [2.75, 3.05) is 0 Å². The van der Waals surface area contributed by atoms with Crippen LogP contribution in [0.1, 0.15) is 5.69 Å². The summed E-state index contributed by atoms with van der Waals surface area (Å²) >= 11 is 0. The SMILES string of the molecule is Cc1nn2nnnc2n2c(-c3ccccc3)nnc12. The lowest BCUT2D eigenvalue weighted by atomic mass is 10.2. The van der Waals surface area contributed by atoms with Gasteiger partial charge < -0.3 is 0 Å². The van der Waals surface area contributed by atoms with Gasteiger partial charge in [0.2, 0.25) is 0 Å². The van der Waals surface area contributed by atoms with Crippen molar-refractivity contribution in [3.63, 3.8) is 0 Å². The first kappa shape index (κ1) is 10.1. The first-order valence-electron chi connectivity index (χ1n) is 5.70. The molecule has 0 N–H and O–H groups in total.